The highest BCUT2D eigenvalue weighted by molar-refractivity contribution is 8.00. The Hall–Kier alpha value is -2.73. The van der Waals surface area contributed by atoms with Crippen molar-refractivity contribution in [2.45, 2.75) is 32.2 Å². The first-order valence-electron chi connectivity index (χ1n) is 9.77. The molecule has 5 nitrogen and oxygen atoms in total. The van der Waals surface area contributed by atoms with Gasteiger partial charge in [-0.1, -0.05) is 36.9 Å². The molecule has 1 amide bonds. The number of ether oxygens (including phenoxy) is 2. The third kappa shape index (κ3) is 4.17. The number of fused-ring (bicyclic) bond motifs is 2. The number of amides is 1. The van der Waals surface area contributed by atoms with Gasteiger partial charge in [0.05, 0.1) is 11.3 Å². The molecule has 0 bridgehead atoms. The van der Waals surface area contributed by atoms with Crippen molar-refractivity contribution in [1.29, 1.82) is 0 Å². The Bertz CT molecular complexity index is 1060. The molecule has 150 valence electrons. The van der Waals surface area contributed by atoms with Gasteiger partial charge in [-0.2, -0.15) is 0 Å². The second kappa shape index (κ2) is 8.33. The van der Waals surface area contributed by atoms with E-state index in [0.29, 0.717) is 19.0 Å². The molecule has 1 aliphatic rings. The summed E-state index contributed by atoms with van der Waals surface area (Å²) in [6, 6.07) is 12.0. The van der Waals surface area contributed by atoms with Crippen LogP contribution in [-0.4, -0.2) is 29.9 Å². The molecular weight excluding hydrogens is 384 g/mol. The molecule has 0 saturated carbocycles. The van der Waals surface area contributed by atoms with Crippen LogP contribution in [0.2, 0.25) is 0 Å². The maximum atomic E-state index is 12.5. The molecule has 0 fully saturated rings. The maximum absolute atomic E-state index is 12.5. The average Bonchev–Trinajstić information content (AvgIpc) is 2.72. The highest BCUT2D eigenvalue weighted by Crippen LogP contribution is 2.36. The summed E-state index contributed by atoms with van der Waals surface area (Å²) in [5.74, 6) is 1.77. The van der Waals surface area contributed by atoms with E-state index in [1.807, 2.05) is 44.2 Å². The van der Waals surface area contributed by atoms with Crippen molar-refractivity contribution in [2.75, 3.05) is 24.3 Å². The zero-order valence-electron chi connectivity index (χ0n) is 16.9. The van der Waals surface area contributed by atoms with Crippen LogP contribution in [0, 0.1) is 13.8 Å². The van der Waals surface area contributed by atoms with Crippen LogP contribution >= 0.6 is 11.8 Å². The van der Waals surface area contributed by atoms with Gasteiger partial charge in [0, 0.05) is 17.1 Å². The van der Waals surface area contributed by atoms with Gasteiger partial charge < -0.3 is 14.8 Å². The molecular formula is C23H24N2O3S. The quantitative estimate of drug-likeness (QED) is 0.608. The van der Waals surface area contributed by atoms with Gasteiger partial charge in [-0.25, -0.2) is 4.98 Å². The molecule has 1 aromatic heterocycles. The van der Waals surface area contributed by atoms with Crippen molar-refractivity contribution in [1.82, 2.24) is 4.98 Å². The van der Waals surface area contributed by atoms with Gasteiger partial charge in [0.2, 0.25) is 5.91 Å². The first-order chi connectivity index (χ1) is 14.0. The molecule has 4 rings (SSSR count). The summed E-state index contributed by atoms with van der Waals surface area (Å²) in [5, 5.41) is 4.95. The lowest BCUT2D eigenvalue weighted by Crippen LogP contribution is -2.16. The summed E-state index contributed by atoms with van der Waals surface area (Å²) >= 11 is 1.47. The molecule has 29 heavy (non-hydrogen) atoms. The molecule has 0 radical (unpaired) electrons. The lowest BCUT2D eigenvalue weighted by Gasteiger charge is -2.19. The minimum atomic E-state index is -0.0291. The largest absolute Gasteiger partial charge is 0.486 e. The molecule has 0 aliphatic carbocycles. The summed E-state index contributed by atoms with van der Waals surface area (Å²) < 4.78 is 11.4. The number of carbonyl (C=O) groups is 1. The van der Waals surface area contributed by atoms with Crippen molar-refractivity contribution in [3.05, 3.63) is 53.1 Å². The fourth-order valence-corrected chi connectivity index (χ4v) is 4.33. The first-order valence-corrected chi connectivity index (χ1v) is 10.8. The van der Waals surface area contributed by atoms with E-state index in [0.717, 1.165) is 56.2 Å². The fraction of sp³-hybridized carbons (Fsp3) is 0.304. The predicted molar refractivity (Wildman–Crippen MR) is 117 cm³/mol. The number of nitrogens with one attached hydrogen (secondary N) is 1. The second-order valence-electron chi connectivity index (χ2n) is 7.10. The molecule has 1 aliphatic heterocycles. The number of aromatic nitrogens is 1. The molecule has 0 atom stereocenters. The maximum Gasteiger partial charge on any atom is 0.234 e. The number of benzene rings is 2. The Morgan fingerprint density at radius 3 is 2.48 bits per heavy atom. The van der Waals surface area contributed by atoms with Crippen LogP contribution < -0.4 is 14.8 Å². The minimum absolute atomic E-state index is 0.0291. The predicted octanol–water partition coefficient (Wildman–Crippen LogP) is 4.92. The summed E-state index contributed by atoms with van der Waals surface area (Å²) in [6.45, 7) is 7.22. The van der Waals surface area contributed by atoms with E-state index < -0.39 is 0 Å². The number of carbonyl (C=O) groups excluding carboxylic acids is 1. The molecule has 2 heterocycles. The molecule has 0 saturated heterocycles. The normalized spacial score (nSPS) is 12.8. The molecule has 1 N–H and O–H groups in total. The van der Waals surface area contributed by atoms with Gasteiger partial charge in [0.15, 0.2) is 11.5 Å². The summed E-state index contributed by atoms with van der Waals surface area (Å²) in [4.78, 5) is 17.4. The molecule has 0 spiro atoms. The third-order valence-corrected chi connectivity index (χ3v) is 6.02. The van der Waals surface area contributed by atoms with Gasteiger partial charge in [0.25, 0.3) is 0 Å². The third-order valence-electron chi connectivity index (χ3n) is 4.98. The lowest BCUT2D eigenvalue weighted by atomic mass is 10.1. The average molecular weight is 409 g/mol. The number of aryl methyl sites for hydroxylation is 3. The van der Waals surface area contributed by atoms with E-state index in [1.165, 1.54) is 11.8 Å². The summed E-state index contributed by atoms with van der Waals surface area (Å²) in [5.41, 5.74) is 4.99. The molecule has 6 heteroatoms. The van der Waals surface area contributed by atoms with E-state index in [-0.39, 0.29) is 5.91 Å². The van der Waals surface area contributed by atoms with Gasteiger partial charge in [-0.05, 0) is 49.1 Å². The Morgan fingerprint density at radius 2 is 1.79 bits per heavy atom. The second-order valence-corrected chi connectivity index (χ2v) is 8.06. The van der Waals surface area contributed by atoms with Crippen LogP contribution in [0.5, 0.6) is 11.5 Å². The van der Waals surface area contributed by atoms with Crippen molar-refractivity contribution in [2.24, 2.45) is 0 Å². The number of para-hydroxylation sites is 1. The van der Waals surface area contributed by atoms with Crippen LogP contribution in [0.4, 0.5) is 5.69 Å². The number of thioether (sulfide) groups is 1. The zero-order valence-corrected chi connectivity index (χ0v) is 17.7. The summed E-state index contributed by atoms with van der Waals surface area (Å²) in [7, 11) is 0. The van der Waals surface area contributed by atoms with Gasteiger partial charge in [-0.3, -0.25) is 4.79 Å². The van der Waals surface area contributed by atoms with Crippen molar-refractivity contribution in [3.63, 3.8) is 0 Å². The van der Waals surface area contributed by atoms with E-state index >= 15 is 0 Å². The number of nitrogens with zero attached hydrogens (tertiary/aromatic N) is 1. The number of anilines is 1. The van der Waals surface area contributed by atoms with E-state index in [1.54, 1.807) is 0 Å². The van der Waals surface area contributed by atoms with Crippen LogP contribution in [0.3, 0.4) is 0 Å². The van der Waals surface area contributed by atoms with Crippen molar-refractivity contribution >= 4 is 34.3 Å². The van der Waals surface area contributed by atoms with Gasteiger partial charge in [-0.15, -0.1) is 0 Å². The Morgan fingerprint density at radius 1 is 1.10 bits per heavy atom. The Balaban J connectivity index is 1.54. The monoisotopic (exact) mass is 408 g/mol. The number of hydrogen-bond donors (Lipinski definition) is 1. The SMILES string of the molecule is CCc1cc2cc3c(cc2nc1SCC(=O)Nc1c(C)cccc1C)OCCO3. The standard InChI is InChI=1S/C23H24N2O3S/c1-4-16-10-17-11-19-20(28-9-8-27-19)12-18(17)24-23(16)29-13-21(26)25-22-14(2)6-5-7-15(22)3/h5-7,10-12H,4,8-9,13H2,1-3H3,(H,25,26). The van der Waals surface area contributed by atoms with E-state index in [4.69, 9.17) is 14.5 Å². The molecule has 0 unspecified atom stereocenters. The van der Waals surface area contributed by atoms with Crippen molar-refractivity contribution in [3.8, 4) is 11.5 Å². The van der Waals surface area contributed by atoms with Crippen LogP contribution in [0.1, 0.15) is 23.6 Å². The fourth-order valence-electron chi connectivity index (χ4n) is 3.44. The minimum Gasteiger partial charge on any atom is -0.486 e. The first kappa shape index (κ1) is 19.6. The van der Waals surface area contributed by atoms with Crippen LogP contribution in [0.15, 0.2) is 41.4 Å². The highest BCUT2D eigenvalue weighted by atomic mass is 32.2. The number of pyridine rings is 1. The number of hydrogen-bond acceptors (Lipinski definition) is 5. The lowest BCUT2D eigenvalue weighted by molar-refractivity contribution is -0.113. The van der Waals surface area contributed by atoms with Gasteiger partial charge in [0.1, 0.15) is 18.2 Å². The van der Waals surface area contributed by atoms with Crippen LogP contribution in [0.25, 0.3) is 10.9 Å². The van der Waals surface area contributed by atoms with E-state index in [9.17, 15) is 4.79 Å². The Labute approximate surface area is 174 Å². The van der Waals surface area contributed by atoms with E-state index in [2.05, 4.69) is 18.3 Å². The highest BCUT2D eigenvalue weighted by Gasteiger charge is 2.16. The zero-order chi connectivity index (χ0) is 20.4. The Kier molecular flexibility index (Phi) is 5.62. The summed E-state index contributed by atoms with van der Waals surface area (Å²) in [6.07, 6.45) is 0.845. The number of rotatable bonds is 5. The van der Waals surface area contributed by atoms with Crippen molar-refractivity contribution < 1.29 is 14.3 Å². The van der Waals surface area contributed by atoms with Crippen LogP contribution in [-0.2, 0) is 11.2 Å². The molecule has 3 aromatic rings. The molecule has 2 aromatic carbocycles. The smallest absolute Gasteiger partial charge is 0.234 e. The van der Waals surface area contributed by atoms with Gasteiger partial charge >= 0.3 is 0 Å². The topological polar surface area (TPSA) is 60.5 Å².